The number of halogens is 1. The molecule has 1 aromatic heterocycles. The van der Waals surface area contributed by atoms with Crippen molar-refractivity contribution in [1.82, 2.24) is 4.98 Å². The molecule has 1 atom stereocenters. The fraction of sp³-hybridized carbons (Fsp3) is 0.154. The van der Waals surface area contributed by atoms with Gasteiger partial charge in [0.05, 0.1) is 0 Å². The first-order valence-electron chi connectivity index (χ1n) is 5.14. The van der Waals surface area contributed by atoms with Gasteiger partial charge in [0.1, 0.15) is 0 Å². The van der Waals surface area contributed by atoms with E-state index in [1.54, 1.807) is 6.20 Å². The van der Waals surface area contributed by atoms with Gasteiger partial charge in [0.2, 0.25) is 0 Å². The largest absolute Gasteiger partial charge is 0.324 e. The lowest BCUT2D eigenvalue weighted by Crippen LogP contribution is -2.07. The fourth-order valence-corrected chi connectivity index (χ4v) is 2.09. The molecule has 0 saturated carbocycles. The molecule has 1 aromatic carbocycles. The topological polar surface area (TPSA) is 38.9 Å². The van der Waals surface area contributed by atoms with E-state index in [1.165, 1.54) is 0 Å². The lowest BCUT2D eigenvalue weighted by atomic mass is 9.98. The molecule has 2 rings (SSSR count). The van der Waals surface area contributed by atoms with Gasteiger partial charge >= 0.3 is 0 Å². The van der Waals surface area contributed by atoms with E-state index in [1.807, 2.05) is 31.3 Å². The van der Waals surface area contributed by atoms with Crippen LogP contribution in [0.2, 0.25) is 0 Å². The molecule has 0 aliphatic carbocycles. The minimum absolute atomic E-state index is 0.0114. The Morgan fingerprint density at radius 2 is 2.12 bits per heavy atom. The van der Waals surface area contributed by atoms with Crippen molar-refractivity contribution >= 4 is 15.9 Å². The predicted octanol–water partition coefficient (Wildman–Crippen LogP) is 3.53. The third-order valence-corrected chi connectivity index (χ3v) is 2.97. The highest BCUT2D eigenvalue weighted by molar-refractivity contribution is 9.10. The highest BCUT2D eigenvalue weighted by atomic mass is 79.9. The SMILES string of the molecule is CC(N)c1cnccc1-c1cccc(Br)c1. The molecule has 2 nitrogen and oxygen atoms in total. The van der Waals surface area contributed by atoms with Crippen molar-refractivity contribution in [2.24, 2.45) is 5.73 Å². The summed E-state index contributed by atoms with van der Waals surface area (Å²) in [6, 6.07) is 10.2. The molecule has 0 amide bonds. The molecule has 0 fully saturated rings. The molecule has 1 unspecified atom stereocenters. The number of nitrogens with two attached hydrogens (primary N) is 1. The lowest BCUT2D eigenvalue weighted by Gasteiger charge is -2.12. The second-order valence-corrected chi connectivity index (χ2v) is 4.68. The van der Waals surface area contributed by atoms with E-state index in [0.29, 0.717) is 0 Å². The first-order chi connectivity index (χ1) is 7.68. The van der Waals surface area contributed by atoms with Gasteiger partial charge in [-0.25, -0.2) is 0 Å². The van der Waals surface area contributed by atoms with Gasteiger partial charge in [-0.3, -0.25) is 4.98 Å². The van der Waals surface area contributed by atoms with Crippen LogP contribution in [0.1, 0.15) is 18.5 Å². The van der Waals surface area contributed by atoms with Gasteiger partial charge < -0.3 is 5.73 Å². The molecule has 2 aromatic rings. The number of hydrogen-bond donors (Lipinski definition) is 1. The zero-order chi connectivity index (χ0) is 11.5. The first kappa shape index (κ1) is 11.3. The number of aromatic nitrogens is 1. The van der Waals surface area contributed by atoms with Crippen LogP contribution < -0.4 is 5.73 Å². The van der Waals surface area contributed by atoms with E-state index >= 15 is 0 Å². The summed E-state index contributed by atoms with van der Waals surface area (Å²) in [5.41, 5.74) is 9.31. The smallest absolute Gasteiger partial charge is 0.0321 e. The molecule has 0 spiro atoms. The second kappa shape index (κ2) is 4.76. The van der Waals surface area contributed by atoms with Crippen LogP contribution in [0.3, 0.4) is 0 Å². The summed E-state index contributed by atoms with van der Waals surface area (Å²) in [5.74, 6) is 0. The lowest BCUT2D eigenvalue weighted by molar-refractivity contribution is 0.814. The van der Waals surface area contributed by atoms with Gasteiger partial charge in [-0.05, 0) is 41.8 Å². The van der Waals surface area contributed by atoms with Crippen LogP contribution in [0, 0.1) is 0 Å². The molecular formula is C13H13BrN2. The normalized spacial score (nSPS) is 12.4. The van der Waals surface area contributed by atoms with Crippen LogP contribution in [-0.4, -0.2) is 4.98 Å². The van der Waals surface area contributed by atoms with E-state index in [4.69, 9.17) is 5.73 Å². The molecule has 16 heavy (non-hydrogen) atoms. The summed E-state index contributed by atoms with van der Waals surface area (Å²) in [4.78, 5) is 4.12. The van der Waals surface area contributed by atoms with Gasteiger partial charge in [0, 0.05) is 22.9 Å². The van der Waals surface area contributed by atoms with E-state index in [-0.39, 0.29) is 6.04 Å². The number of rotatable bonds is 2. The average Bonchev–Trinajstić information content (AvgIpc) is 2.29. The fourth-order valence-electron chi connectivity index (χ4n) is 1.69. The molecule has 0 radical (unpaired) electrons. The summed E-state index contributed by atoms with van der Waals surface area (Å²) in [5, 5.41) is 0. The van der Waals surface area contributed by atoms with Gasteiger partial charge in [0.15, 0.2) is 0 Å². The van der Waals surface area contributed by atoms with Crippen LogP contribution >= 0.6 is 15.9 Å². The molecule has 2 N–H and O–H groups in total. The first-order valence-corrected chi connectivity index (χ1v) is 5.93. The van der Waals surface area contributed by atoms with Gasteiger partial charge in [-0.15, -0.1) is 0 Å². The minimum Gasteiger partial charge on any atom is -0.324 e. The van der Waals surface area contributed by atoms with E-state index in [0.717, 1.165) is 21.2 Å². The van der Waals surface area contributed by atoms with Crippen molar-refractivity contribution in [2.45, 2.75) is 13.0 Å². The third kappa shape index (κ3) is 2.31. The number of nitrogens with zero attached hydrogens (tertiary/aromatic N) is 1. The highest BCUT2D eigenvalue weighted by Gasteiger charge is 2.08. The highest BCUT2D eigenvalue weighted by Crippen LogP contribution is 2.28. The Labute approximate surface area is 104 Å². The number of benzene rings is 1. The summed E-state index contributed by atoms with van der Waals surface area (Å²) in [6.45, 7) is 1.97. The van der Waals surface area contributed by atoms with E-state index < -0.39 is 0 Å². The Morgan fingerprint density at radius 1 is 1.31 bits per heavy atom. The molecule has 3 heteroatoms. The van der Waals surface area contributed by atoms with Crippen LogP contribution in [0.25, 0.3) is 11.1 Å². The zero-order valence-corrected chi connectivity index (χ0v) is 10.6. The van der Waals surface area contributed by atoms with Crippen LogP contribution in [-0.2, 0) is 0 Å². The maximum absolute atomic E-state index is 5.94. The Kier molecular flexibility index (Phi) is 3.36. The average molecular weight is 277 g/mol. The monoisotopic (exact) mass is 276 g/mol. The summed E-state index contributed by atoms with van der Waals surface area (Å²) >= 11 is 3.47. The van der Waals surface area contributed by atoms with Crippen molar-refractivity contribution in [1.29, 1.82) is 0 Å². The Balaban J connectivity index is 2.55. The third-order valence-electron chi connectivity index (χ3n) is 2.48. The van der Waals surface area contributed by atoms with Crippen molar-refractivity contribution in [2.75, 3.05) is 0 Å². The number of hydrogen-bond acceptors (Lipinski definition) is 2. The van der Waals surface area contributed by atoms with E-state index in [9.17, 15) is 0 Å². The van der Waals surface area contributed by atoms with Crippen molar-refractivity contribution in [3.8, 4) is 11.1 Å². The van der Waals surface area contributed by atoms with Gasteiger partial charge in [-0.2, -0.15) is 0 Å². The van der Waals surface area contributed by atoms with Crippen LogP contribution in [0.15, 0.2) is 47.2 Å². The zero-order valence-electron chi connectivity index (χ0n) is 9.02. The maximum atomic E-state index is 5.94. The Morgan fingerprint density at radius 3 is 2.81 bits per heavy atom. The van der Waals surface area contributed by atoms with Gasteiger partial charge in [0.25, 0.3) is 0 Å². The molecule has 82 valence electrons. The van der Waals surface area contributed by atoms with Crippen LogP contribution in [0.5, 0.6) is 0 Å². The quantitative estimate of drug-likeness (QED) is 0.912. The van der Waals surface area contributed by atoms with Crippen molar-refractivity contribution in [3.63, 3.8) is 0 Å². The van der Waals surface area contributed by atoms with Crippen molar-refractivity contribution < 1.29 is 0 Å². The molecule has 0 bridgehead atoms. The minimum atomic E-state index is -0.0114. The maximum Gasteiger partial charge on any atom is 0.0321 e. The predicted molar refractivity (Wildman–Crippen MR) is 70.0 cm³/mol. The second-order valence-electron chi connectivity index (χ2n) is 3.76. The Bertz CT molecular complexity index is 495. The Hall–Kier alpha value is -1.19. The van der Waals surface area contributed by atoms with E-state index in [2.05, 4.69) is 33.0 Å². The summed E-state index contributed by atoms with van der Waals surface area (Å²) in [7, 11) is 0. The van der Waals surface area contributed by atoms with Crippen LogP contribution in [0.4, 0.5) is 0 Å². The standard InChI is InChI=1S/C13H13BrN2/c1-9(15)13-8-16-6-5-12(13)10-3-2-4-11(14)7-10/h2-9H,15H2,1H3. The molecule has 1 heterocycles. The summed E-state index contributed by atoms with van der Waals surface area (Å²) in [6.07, 6.45) is 3.63. The molecule has 0 aliphatic rings. The van der Waals surface area contributed by atoms with Crippen molar-refractivity contribution in [3.05, 3.63) is 52.8 Å². The molecular weight excluding hydrogens is 264 g/mol. The molecule has 0 saturated heterocycles. The summed E-state index contributed by atoms with van der Waals surface area (Å²) < 4.78 is 1.07. The van der Waals surface area contributed by atoms with Gasteiger partial charge in [-0.1, -0.05) is 28.1 Å². The number of pyridine rings is 1. The molecule has 0 aliphatic heterocycles.